The van der Waals surface area contributed by atoms with Crippen LogP contribution in [0.2, 0.25) is 0 Å². The van der Waals surface area contributed by atoms with E-state index in [0.717, 1.165) is 22.7 Å². The van der Waals surface area contributed by atoms with Crippen molar-refractivity contribution in [1.82, 2.24) is 14.4 Å². The molecule has 0 radical (unpaired) electrons. The third-order valence-electron chi connectivity index (χ3n) is 3.92. The number of ether oxygens (including phenoxy) is 1. The molecule has 0 saturated heterocycles. The Hall–Kier alpha value is -3.34. The number of rotatable bonds is 3. The minimum absolute atomic E-state index is 0.199. The van der Waals surface area contributed by atoms with Gasteiger partial charge in [-0.2, -0.15) is 0 Å². The normalized spacial score (nSPS) is 10.9. The van der Waals surface area contributed by atoms with Crippen LogP contribution in [0.4, 0.5) is 0 Å². The zero-order chi connectivity index (χ0) is 16.5. The molecule has 0 aliphatic carbocycles. The Morgan fingerprint density at radius 3 is 2.58 bits per heavy atom. The summed E-state index contributed by atoms with van der Waals surface area (Å²) in [6.45, 7) is 0. The maximum absolute atomic E-state index is 10.1. The predicted octanol–water partition coefficient (Wildman–Crippen LogP) is 3.78. The van der Waals surface area contributed by atoms with E-state index in [1.54, 1.807) is 25.4 Å². The average molecular weight is 317 g/mol. The number of imidazole rings is 1. The fourth-order valence-corrected chi connectivity index (χ4v) is 2.69. The second-order valence-electron chi connectivity index (χ2n) is 5.38. The highest BCUT2D eigenvalue weighted by atomic mass is 16.5. The van der Waals surface area contributed by atoms with E-state index in [2.05, 4.69) is 4.98 Å². The van der Waals surface area contributed by atoms with Crippen molar-refractivity contribution in [2.75, 3.05) is 7.11 Å². The number of fused-ring (bicyclic) bond motifs is 1. The zero-order valence-electron chi connectivity index (χ0n) is 13.0. The average Bonchev–Trinajstić information content (AvgIpc) is 3.10. The van der Waals surface area contributed by atoms with Gasteiger partial charge >= 0.3 is 0 Å². The number of nitrogens with zero attached hydrogens (tertiary/aromatic N) is 3. The minimum atomic E-state index is 0.199. The van der Waals surface area contributed by atoms with Crippen LogP contribution in [0.3, 0.4) is 0 Å². The number of phenolic OH excluding ortho intramolecular Hbond substituents is 1. The second-order valence-corrected chi connectivity index (χ2v) is 5.38. The largest absolute Gasteiger partial charge is 0.507 e. The summed E-state index contributed by atoms with van der Waals surface area (Å²) in [5, 5.41) is 10.1. The van der Waals surface area contributed by atoms with Crippen LogP contribution in [0.5, 0.6) is 11.5 Å². The molecule has 24 heavy (non-hydrogen) atoms. The van der Waals surface area contributed by atoms with Crippen molar-refractivity contribution in [3.8, 4) is 34.0 Å². The van der Waals surface area contributed by atoms with Crippen LogP contribution in [0.25, 0.3) is 28.2 Å². The number of benzene rings is 2. The lowest BCUT2D eigenvalue weighted by Crippen LogP contribution is -1.96. The van der Waals surface area contributed by atoms with E-state index in [1.165, 1.54) is 0 Å². The van der Waals surface area contributed by atoms with Gasteiger partial charge in [-0.3, -0.25) is 0 Å². The Morgan fingerprint density at radius 2 is 1.83 bits per heavy atom. The molecule has 2 aromatic heterocycles. The van der Waals surface area contributed by atoms with Gasteiger partial charge in [-0.1, -0.05) is 12.1 Å². The Balaban J connectivity index is 1.94. The van der Waals surface area contributed by atoms with Gasteiger partial charge in [0.2, 0.25) is 0 Å². The lowest BCUT2D eigenvalue weighted by Gasteiger charge is -2.09. The van der Waals surface area contributed by atoms with Gasteiger partial charge in [0.25, 0.3) is 0 Å². The highest BCUT2D eigenvalue weighted by Gasteiger charge is 2.13. The van der Waals surface area contributed by atoms with Crippen LogP contribution in [-0.4, -0.2) is 26.6 Å². The van der Waals surface area contributed by atoms with Crippen LogP contribution in [-0.2, 0) is 0 Å². The molecule has 0 aliphatic rings. The van der Waals surface area contributed by atoms with Gasteiger partial charge in [-0.15, -0.1) is 0 Å². The summed E-state index contributed by atoms with van der Waals surface area (Å²) >= 11 is 0. The summed E-state index contributed by atoms with van der Waals surface area (Å²) in [7, 11) is 1.64. The van der Waals surface area contributed by atoms with Crippen molar-refractivity contribution >= 4 is 5.65 Å². The minimum Gasteiger partial charge on any atom is -0.507 e. The molecule has 0 atom stereocenters. The molecule has 0 fully saturated rings. The van der Waals surface area contributed by atoms with E-state index >= 15 is 0 Å². The lowest BCUT2D eigenvalue weighted by atomic mass is 10.1. The number of methoxy groups -OCH3 is 1. The topological polar surface area (TPSA) is 59.7 Å². The molecule has 0 unspecified atom stereocenters. The molecule has 1 N–H and O–H groups in total. The highest BCUT2D eigenvalue weighted by molar-refractivity contribution is 5.78. The van der Waals surface area contributed by atoms with Gasteiger partial charge in [-0.25, -0.2) is 9.97 Å². The summed E-state index contributed by atoms with van der Waals surface area (Å²) in [6, 6.07) is 14.8. The van der Waals surface area contributed by atoms with Crippen molar-refractivity contribution in [2.45, 2.75) is 0 Å². The molecule has 0 bridgehead atoms. The maximum atomic E-state index is 10.1. The van der Waals surface area contributed by atoms with E-state index in [-0.39, 0.29) is 5.75 Å². The van der Waals surface area contributed by atoms with Crippen LogP contribution in [0.15, 0.2) is 67.1 Å². The molecule has 4 rings (SSSR count). The SMILES string of the molecule is COc1ccc(-c2nc(-c3ccccc3O)cn3ccnc23)cc1. The van der Waals surface area contributed by atoms with Crippen LogP contribution < -0.4 is 4.74 Å². The first-order valence-corrected chi connectivity index (χ1v) is 7.53. The number of hydrogen-bond acceptors (Lipinski definition) is 4. The van der Waals surface area contributed by atoms with E-state index in [0.29, 0.717) is 11.3 Å². The number of phenols is 1. The highest BCUT2D eigenvalue weighted by Crippen LogP contribution is 2.31. The lowest BCUT2D eigenvalue weighted by molar-refractivity contribution is 0.415. The fourth-order valence-electron chi connectivity index (χ4n) is 2.69. The molecule has 5 heteroatoms. The molecule has 4 aromatic rings. The number of aromatic hydroxyl groups is 1. The van der Waals surface area contributed by atoms with Crippen LogP contribution >= 0.6 is 0 Å². The number of hydrogen-bond donors (Lipinski definition) is 1. The Morgan fingerprint density at radius 1 is 1.04 bits per heavy atom. The Kier molecular flexibility index (Phi) is 3.39. The smallest absolute Gasteiger partial charge is 0.163 e. The molecular weight excluding hydrogens is 302 g/mol. The first-order valence-electron chi connectivity index (χ1n) is 7.53. The van der Waals surface area contributed by atoms with Crippen LogP contribution in [0, 0.1) is 0 Å². The molecule has 118 valence electrons. The maximum Gasteiger partial charge on any atom is 0.163 e. The quantitative estimate of drug-likeness (QED) is 0.625. The number of aromatic nitrogens is 3. The molecule has 2 aromatic carbocycles. The van der Waals surface area contributed by atoms with Crippen molar-refractivity contribution in [3.63, 3.8) is 0 Å². The standard InChI is InChI=1S/C19H15N3O2/c1-24-14-8-6-13(7-9-14)18-19-20-10-11-22(19)12-16(21-18)15-4-2-3-5-17(15)23/h2-12,23H,1H3. The van der Waals surface area contributed by atoms with E-state index in [9.17, 15) is 5.11 Å². The van der Waals surface area contributed by atoms with Crippen molar-refractivity contribution in [1.29, 1.82) is 0 Å². The Bertz CT molecular complexity index is 1010. The zero-order valence-corrected chi connectivity index (χ0v) is 13.0. The Labute approximate surface area is 138 Å². The first kappa shape index (κ1) is 14.3. The van der Waals surface area contributed by atoms with Crippen molar-refractivity contribution < 1.29 is 9.84 Å². The summed E-state index contributed by atoms with van der Waals surface area (Å²) in [5.74, 6) is 0.986. The molecular formula is C19H15N3O2. The third kappa shape index (κ3) is 2.36. The number of para-hydroxylation sites is 1. The van der Waals surface area contributed by atoms with Gasteiger partial charge in [0.1, 0.15) is 17.2 Å². The monoisotopic (exact) mass is 317 g/mol. The molecule has 0 aliphatic heterocycles. The predicted molar refractivity (Wildman–Crippen MR) is 92.1 cm³/mol. The summed E-state index contributed by atoms with van der Waals surface area (Å²) in [5.41, 5.74) is 3.82. The van der Waals surface area contributed by atoms with Gasteiger partial charge in [0, 0.05) is 29.7 Å². The third-order valence-corrected chi connectivity index (χ3v) is 3.92. The molecule has 0 spiro atoms. The summed E-state index contributed by atoms with van der Waals surface area (Å²) in [6.07, 6.45) is 5.47. The van der Waals surface area contributed by atoms with Gasteiger partial charge in [0.15, 0.2) is 5.65 Å². The van der Waals surface area contributed by atoms with E-state index in [1.807, 2.05) is 53.2 Å². The van der Waals surface area contributed by atoms with Gasteiger partial charge < -0.3 is 14.2 Å². The summed E-state index contributed by atoms with van der Waals surface area (Å²) < 4.78 is 7.12. The fraction of sp³-hybridized carbons (Fsp3) is 0.0526. The van der Waals surface area contributed by atoms with Crippen molar-refractivity contribution in [3.05, 3.63) is 67.1 Å². The second kappa shape index (κ2) is 5.70. The van der Waals surface area contributed by atoms with Gasteiger partial charge in [-0.05, 0) is 36.4 Å². The summed E-state index contributed by atoms with van der Waals surface area (Å²) in [4.78, 5) is 9.15. The van der Waals surface area contributed by atoms with Crippen LogP contribution in [0.1, 0.15) is 0 Å². The van der Waals surface area contributed by atoms with Crippen molar-refractivity contribution in [2.24, 2.45) is 0 Å². The molecule has 0 amide bonds. The first-order chi connectivity index (χ1) is 11.8. The van der Waals surface area contributed by atoms with Gasteiger partial charge in [0.05, 0.1) is 12.8 Å². The molecule has 5 nitrogen and oxygen atoms in total. The van der Waals surface area contributed by atoms with E-state index in [4.69, 9.17) is 9.72 Å². The molecule has 2 heterocycles. The molecule has 0 saturated carbocycles. The van der Waals surface area contributed by atoms with E-state index < -0.39 is 0 Å².